The van der Waals surface area contributed by atoms with Crippen LogP contribution in [0.25, 0.3) is 10.9 Å². The zero-order valence-corrected chi connectivity index (χ0v) is 21.2. The molecule has 0 amide bonds. The van der Waals surface area contributed by atoms with E-state index >= 15 is 0 Å². The van der Waals surface area contributed by atoms with Gasteiger partial charge in [-0.1, -0.05) is 36.4 Å². The fraction of sp³-hybridized carbons (Fsp3) is 0.346. The lowest BCUT2D eigenvalue weighted by Gasteiger charge is -2.58. The van der Waals surface area contributed by atoms with Gasteiger partial charge in [-0.3, -0.25) is 4.98 Å². The fourth-order valence-corrected chi connectivity index (χ4v) is 6.28. The molecular formula is C26H28BrIN2O. The third kappa shape index (κ3) is 4.22. The van der Waals surface area contributed by atoms with Crippen molar-refractivity contribution in [1.82, 2.24) is 4.98 Å². The fourth-order valence-electron chi connectivity index (χ4n) is 5.92. The Morgan fingerprint density at radius 3 is 2.71 bits per heavy atom. The maximum absolute atomic E-state index is 11.7. The Morgan fingerprint density at radius 2 is 1.94 bits per heavy atom. The van der Waals surface area contributed by atoms with Crippen LogP contribution in [0.1, 0.15) is 30.1 Å². The molecule has 0 radical (unpaired) electrons. The Kier molecular flexibility index (Phi) is 6.87. The quantitative estimate of drug-likeness (QED) is 0.281. The second-order valence-electron chi connectivity index (χ2n) is 9.02. The van der Waals surface area contributed by atoms with Gasteiger partial charge >= 0.3 is 0 Å². The molecule has 3 saturated heterocycles. The maximum atomic E-state index is 11.7. The predicted molar refractivity (Wildman–Crippen MR) is 130 cm³/mol. The third-order valence-corrected chi connectivity index (χ3v) is 8.17. The number of aromatic nitrogens is 1. The van der Waals surface area contributed by atoms with Crippen LogP contribution in [-0.4, -0.2) is 33.7 Å². The number of piperidine rings is 3. The Balaban J connectivity index is 0.00000231. The monoisotopic (exact) mass is 590 g/mol. The molecule has 0 saturated carbocycles. The summed E-state index contributed by atoms with van der Waals surface area (Å²) in [6.45, 7) is 7.32. The third-order valence-electron chi connectivity index (χ3n) is 7.45. The van der Waals surface area contributed by atoms with Crippen molar-refractivity contribution >= 4 is 33.5 Å². The molecule has 0 spiro atoms. The van der Waals surface area contributed by atoms with Gasteiger partial charge in [0.15, 0.2) is 0 Å². The van der Waals surface area contributed by atoms with Crippen LogP contribution >= 0.6 is 22.6 Å². The first-order chi connectivity index (χ1) is 14.6. The van der Waals surface area contributed by atoms with Gasteiger partial charge in [0.2, 0.25) is 0 Å². The van der Waals surface area contributed by atoms with E-state index in [4.69, 9.17) is 0 Å². The standard InChI is InChI=1S/C26H28IN2O.BrH/c1-2-19-17-29(16-18-7-9-21(27)10-8-18)14-12-20(19)15-25(29)26(30)23-11-13-28-24-6-4-3-5-22(23)24;/h2-11,13,19-20,25-26,30H,1,12,14-17H2;1H/q+1;/p-1/t19-,20-,25+,26-,29?;/m0./s1. The number of nitrogens with zero attached hydrogens (tertiary/aromatic N) is 2. The molecule has 1 aromatic heterocycles. The summed E-state index contributed by atoms with van der Waals surface area (Å²) in [6, 6.07) is 19.3. The average Bonchev–Trinajstić information content (AvgIpc) is 2.79. The van der Waals surface area contributed by atoms with Crippen molar-refractivity contribution in [2.45, 2.75) is 31.5 Å². The van der Waals surface area contributed by atoms with Gasteiger partial charge in [-0.15, -0.1) is 6.58 Å². The van der Waals surface area contributed by atoms with Gasteiger partial charge in [-0.2, -0.15) is 0 Å². The van der Waals surface area contributed by atoms with Gasteiger partial charge in [-0.25, -0.2) is 0 Å². The van der Waals surface area contributed by atoms with E-state index in [9.17, 15) is 5.11 Å². The Labute approximate surface area is 208 Å². The highest BCUT2D eigenvalue weighted by atomic mass is 127. The van der Waals surface area contributed by atoms with Gasteiger partial charge in [0, 0.05) is 39.5 Å². The molecular weight excluding hydrogens is 563 g/mol. The summed E-state index contributed by atoms with van der Waals surface area (Å²) >= 11 is 2.36. The number of aliphatic hydroxyl groups is 1. The Bertz CT molecular complexity index is 1070. The van der Waals surface area contributed by atoms with Crippen LogP contribution in [-0.2, 0) is 6.54 Å². The van der Waals surface area contributed by atoms with E-state index in [1.165, 1.54) is 15.6 Å². The van der Waals surface area contributed by atoms with Gasteiger partial charge in [-0.05, 0) is 58.3 Å². The summed E-state index contributed by atoms with van der Waals surface area (Å²) in [5, 5.41) is 12.8. The minimum Gasteiger partial charge on any atom is -1.00 e. The molecule has 5 heteroatoms. The van der Waals surface area contributed by atoms with Crippen LogP contribution in [0, 0.1) is 15.4 Å². The first-order valence-corrected chi connectivity index (χ1v) is 11.9. The molecule has 2 aromatic carbocycles. The van der Waals surface area contributed by atoms with E-state index in [0.717, 1.165) is 47.0 Å². The molecule has 0 aliphatic carbocycles. The van der Waals surface area contributed by atoms with Crippen LogP contribution in [0.2, 0.25) is 0 Å². The molecule has 4 heterocycles. The number of aliphatic hydroxyl groups excluding tert-OH is 1. The minimum atomic E-state index is -0.490. The van der Waals surface area contributed by atoms with E-state index in [1.807, 2.05) is 30.5 Å². The van der Waals surface area contributed by atoms with Crippen molar-refractivity contribution in [1.29, 1.82) is 0 Å². The molecule has 3 aliphatic heterocycles. The second-order valence-corrected chi connectivity index (χ2v) is 10.3. The topological polar surface area (TPSA) is 33.1 Å². The summed E-state index contributed by atoms with van der Waals surface area (Å²) in [5.74, 6) is 1.17. The van der Waals surface area contributed by atoms with Gasteiger partial charge in [0.1, 0.15) is 18.7 Å². The van der Waals surface area contributed by atoms with Crippen molar-refractivity contribution in [3.8, 4) is 0 Å². The highest BCUT2D eigenvalue weighted by Crippen LogP contribution is 2.48. The van der Waals surface area contributed by atoms with Crippen LogP contribution < -0.4 is 17.0 Å². The maximum Gasteiger partial charge on any atom is 0.131 e. The molecule has 6 rings (SSSR count). The number of pyridine rings is 1. The van der Waals surface area contributed by atoms with Crippen molar-refractivity contribution in [3.63, 3.8) is 0 Å². The Morgan fingerprint density at radius 1 is 1.16 bits per heavy atom. The summed E-state index contributed by atoms with van der Waals surface area (Å²) < 4.78 is 2.21. The van der Waals surface area contributed by atoms with E-state index in [0.29, 0.717) is 11.8 Å². The summed E-state index contributed by atoms with van der Waals surface area (Å²) in [5.41, 5.74) is 3.34. The lowest BCUT2D eigenvalue weighted by molar-refractivity contribution is -0.984. The molecule has 3 fully saturated rings. The summed E-state index contributed by atoms with van der Waals surface area (Å²) in [4.78, 5) is 4.51. The number of hydrogen-bond acceptors (Lipinski definition) is 2. The number of para-hydroxylation sites is 1. The number of benzene rings is 2. The SMILES string of the molecule is C=C[C@H]1C[N+]2(Cc3ccc(I)cc3)CC[C@H]1C[C@@H]2[C@@H](O)c1ccnc2ccccc12.[Br-]. The summed E-state index contributed by atoms with van der Waals surface area (Å²) in [6.07, 6.45) is 5.79. The molecule has 1 unspecified atom stereocenters. The van der Waals surface area contributed by atoms with Crippen molar-refractivity contribution in [2.75, 3.05) is 13.1 Å². The van der Waals surface area contributed by atoms with Crippen LogP contribution in [0.3, 0.4) is 0 Å². The number of quaternary nitrogens is 1. The molecule has 3 aliphatic rings. The molecule has 162 valence electrons. The van der Waals surface area contributed by atoms with Crippen LogP contribution in [0.5, 0.6) is 0 Å². The molecule has 31 heavy (non-hydrogen) atoms. The number of halogens is 2. The first-order valence-electron chi connectivity index (χ1n) is 10.8. The predicted octanol–water partition coefficient (Wildman–Crippen LogP) is 2.49. The smallest absolute Gasteiger partial charge is 0.131 e. The number of fused-ring (bicyclic) bond motifs is 4. The van der Waals surface area contributed by atoms with Crippen LogP contribution in [0.15, 0.2) is 73.4 Å². The molecule has 1 N–H and O–H groups in total. The zero-order valence-electron chi connectivity index (χ0n) is 17.5. The van der Waals surface area contributed by atoms with Gasteiger partial charge in [0.25, 0.3) is 0 Å². The van der Waals surface area contributed by atoms with E-state index in [1.54, 1.807) is 0 Å². The van der Waals surface area contributed by atoms with E-state index in [-0.39, 0.29) is 23.0 Å². The van der Waals surface area contributed by atoms with E-state index < -0.39 is 6.10 Å². The normalized spacial score (nSPS) is 28.1. The molecule has 3 nitrogen and oxygen atoms in total. The first kappa shape index (κ1) is 22.9. The molecule has 2 bridgehead atoms. The lowest BCUT2D eigenvalue weighted by Crippen LogP contribution is -3.00. The second kappa shape index (κ2) is 9.30. The van der Waals surface area contributed by atoms with Gasteiger partial charge in [0.05, 0.1) is 18.6 Å². The van der Waals surface area contributed by atoms with Crippen molar-refractivity contribution < 1.29 is 26.6 Å². The van der Waals surface area contributed by atoms with E-state index in [2.05, 4.69) is 70.6 Å². The summed E-state index contributed by atoms with van der Waals surface area (Å²) in [7, 11) is 0. The van der Waals surface area contributed by atoms with Crippen molar-refractivity contribution in [2.24, 2.45) is 11.8 Å². The van der Waals surface area contributed by atoms with Gasteiger partial charge < -0.3 is 26.6 Å². The zero-order chi connectivity index (χ0) is 20.7. The lowest BCUT2D eigenvalue weighted by atomic mass is 9.71. The number of rotatable bonds is 5. The minimum absolute atomic E-state index is 0. The largest absolute Gasteiger partial charge is 1.00 e. The van der Waals surface area contributed by atoms with Crippen LogP contribution in [0.4, 0.5) is 0 Å². The molecule has 3 aromatic rings. The number of hydrogen-bond donors (Lipinski definition) is 1. The Hall–Kier alpha value is -1.28. The highest BCUT2D eigenvalue weighted by Gasteiger charge is 2.53. The molecule has 5 atom stereocenters. The average molecular weight is 591 g/mol. The van der Waals surface area contributed by atoms with Crippen molar-refractivity contribution in [3.05, 3.63) is 88.1 Å². The highest BCUT2D eigenvalue weighted by molar-refractivity contribution is 14.1.